The molecule has 3 heteroatoms. The van der Waals surface area contributed by atoms with E-state index in [1.54, 1.807) is 18.3 Å². The normalized spacial score (nSPS) is 11.4. The van der Waals surface area contributed by atoms with Crippen LogP contribution in [0.3, 0.4) is 0 Å². The van der Waals surface area contributed by atoms with Gasteiger partial charge in [-0.3, -0.25) is 0 Å². The van der Waals surface area contributed by atoms with Crippen LogP contribution in [0.4, 0.5) is 5.69 Å². The van der Waals surface area contributed by atoms with Gasteiger partial charge in [-0.1, -0.05) is 34.1 Å². The summed E-state index contributed by atoms with van der Waals surface area (Å²) in [5.41, 5.74) is 1.51. The molecule has 0 aliphatic heterocycles. The van der Waals surface area contributed by atoms with E-state index in [1.165, 1.54) is 0 Å². The van der Waals surface area contributed by atoms with Gasteiger partial charge in [0.15, 0.2) is 6.21 Å². The zero-order chi connectivity index (χ0) is 11.4. The minimum atomic E-state index is 0.618. The highest BCUT2D eigenvalue weighted by molar-refractivity contribution is 9.10. The zero-order valence-electron chi connectivity index (χ0n) is 8.51. The fraction of sp³-hybridized carbons (Fsp3) is 0. The van der Waals surface area contributed by atoms with E-state index < -0.39 is 0 Å². The number of hydrogen-bond acceptors (Lipinski definition) is 1. The highest BCUT2D eigenvalue weighted by Gasteiger charge is 2.00. The Kier molecular flexibility index (Phi) is 3.37. The molecule has 0 aliphatic carbocycles. The van der Waals surface area contributed by atoms with Crippen molar-refractivity contribution in [1.82, 2.24) is 0 Å². The average Bonchev–Trinajstić information content (AvgIpc) is 2.31. The summed E-state index contributed by atoms with van der Waals surface area (Å²) < 4.78 is 1.83. The summed E-state index contributed by atoms with van der Waals surface area (Å²) in [6.45, 7) is 0. The second-order valence-corrected chi connectivity index (χ2v) is 4.26. The lowest BCUT2D eigenvalue weighted by Gasteiger charge is -2.02. The fourth-order valence-corrected chi connectivity index (χ4v) is 1.60. The molecule has 0 bridgehead atoms. The van der Waals surface area contributed by atoms with E-state index in [2.05, 4.69) is 15.9 Å². The van der Waals surface area contributed by atoms with E-state index in [0.717, 1.165) is 14.8 Å². The molecule has 2 aromatic carbocycles. The van der Waals surface area contributed by atoms with Crippen LogP contribution in [0, 0.1) is 5.21 Å². The molecule has 2 rings (SSSR count). The minimum absolute atomic E-state index is 0.618. The molecule has 16 heavy (non-hydrogen) atoms. The molecule has 0 radical (unpaired) electrons. The van der Waals surface area contributed by atoms with Crippen molar-refractivity contribution in [3.8, 4) is 0 Å². The first-order valence-corrected chi connectivity index (χ1v) is 5.67. The third kappa shape index (κ3) is 2.70. The van der Waals surface area contributed by atoms with Crippen LogP contribution in [0.5, 0.6) is 0 Å². The Labute approximate surface area is 103 Å². The van der Waals surface area contributed by atoms with E-state index in [4.69, 9.17) is 0 Å². The van der Waals surface area contributed by atoms with E-state index in [9.17, 15) is 5.21 Å². The smallest absolute Gasteiger partial charge is 0.216 e. The van der Waals surface area contributed by atoms with E-state index in [0.29, 0.717) is 5.69 Å². The lowest BCUT2D eigenvalue weighted by atomic mass is 10.2. The largest absolute Gasteiger partial charge is 0.618 e. The standard InChI is InChI=1S/C13H10BrNO/c14-12-6-8-13(9-7-12)15(16)10-11-4-2-1-3-5-11/h1-10H/b15-10-. The van der Waals surface area contributed by atoms with Crippen LogP contribution in [0.25, 0.3) is 0 Å². The lowest BCUT2D eigenvalue weighted by Crippen LogP contribution is -1.98. The molecule has 80 valence electrons. The summed E-state index contributed by atoms with van der Waals surface area (Å²) in [4.78, 5) is 0. The molecule has 2 aromatic rings. The maximum atomic E-state index is 11.8. The minimum Gasteiger partial charge on any atom is -0.618 e. The van der Waals surface area contributed by atoms with Crippen molar-refractivity contribution < 1.29 is 4.74 Å². The van der Waals surface area contributed by atoms with Gasteiger partial charge in [0.2, 0.25) is 5.69 Å². The molecule has 0 N–H and O–H groups in total. The molecule has 0 atom stereocenters. The Morgan fingerprint density at radius 3 is 2.19 bits per heavy atom. The lowest BCUT2D eigenvalue weighted by molar-refractivity contribution is -0.354. The number of nitrogens with zero attached hydrogens (tertiary/aromatic N) is 1. The molecule has 0 amide bonds. The van der Waals surface area contributed by atoms with E-state index in [1.807, 2.05) is 42.5 Å². The van der Waals surface area contributed by atoms with Crippen molar-refractivity contribution >= 4 is 27.8 Å². The van der Waals surface area contributed by atoms with Crippen LogP contribution >= 0.6 is 15.9 Å². The molecule has 0 aromatic heterocycles. The second-order valence-electron chi connectivity index (χ2n) is 3.34. The summed E-state index contributed by atoms with van der Waals surface area (Å²) in [6.07, 6.45) is 1.56. The average molecular weight is 276 g/mol. The fourth-order valence-electron chi connectivity index (χ4n) is 1.34. The maximum absolute atomic E-state index is 11.8. The van der Waals surface area contributed by atoms with Crippen LogP contribution in [-0.2, 0) is 0 Å². The molecule has 0 heterocycles. The van der Waals surface area contributed by atoms with Gasteiger partial charge >= 0.3 is 0 Å². The number of halogens is 1. The van der Waals surface area contributed by atoms with Crippen LogP contribution in [0.2, 0.25) is 0 Å². The van der Waals surface area contributed by atoms with Crippen LogP contribution in [-0.4, -0.2) is 11.0 Å². The predicted octanol–water partition coefficient (Wildman–Crippen LogP) is 3.71. The number of benzene rings is 2. The van der Waals surface area contributed by atoms with Crippen LogP contribution in [0.15, 0.2) is 59.1 Å². The van der Waals surface area contributed by atoms with Gasteiger partial charge < -0.3 is 5.21 Å². The Hall–Kier alpha value is -1.61. The molecule has 0 aliphatic rings. The molecule has 0 saturated carbocycles. The predicted molar refractivity (Wildman–Crippen MR) is 69.0 cm³/mol. The van der Waals surface area contributed by atoms with Gasteiger partial charge in [0.25, 0.3) is 0 Å². The zero-order valence-corrected chi connectivity index (χ0v) is 10.1. The molecule has 0 saturated heterocycles. The summed E-state index contributed by atoms with van der Waals surface area (Å²) >= 11 is 3.33. The Bertz CT molecular complexity index is 491. The van der Waals surface area contributed by atoms with Gasteiger partial charge in [0.1, 0.15) is 0 Å². The molecule has 0 unspecified atom stereocenters. The van der Waals surface area contributed by atoms with Gasteiger partial charge in [-0.2, -0.15) is 4.74 Å². The summed E-state index contributed by atoms with van der Waals surface area (Å²) in [5.74, 6) is 0. The Morgan fingerprint density at radius 2 is 1.56 bits per heavy atom. The first kappa shape index (κ1) is 10.9. The third-order valence-corrected chi connectivity index (χ3v) is 2.68. The van der Waals surface area contributed by atoms with Crippen molar-refractivity contribution in [2.24, 2.45) is 0 Å². The van der Waals surface area contributed by atoms with Crippen molar-refractivity contribution in [3.63, 3.8) is 0 Å². The summed E-state index contributed by atoms with van der Waals surface area (Å²) in [6, 6.07) is 16.8. The van der Waals surface area contributed by atoms with Gasteiger partial charge in [0.05, 0.1) is 0 Å². The van der Waals surface area contributed by atoms with Crippen molar-refractivity contribution in [3.05, 3.63) is 69.8 Å². The van der Waals surface area contributed by atoms with Crippen molar-refractivity contribution in [1.29, 1.82) is 0 Å². The highest BCUT2D eigenvalue weighted by atomic mass is 79.9. The van der Waals surface area contributed by atoms with Crippen molar-refractivity contribution in [2.45, 2.75) is 0 Å². The molecule has 0 fully saturated rings. The van der Waals surface area contributed by atoms with Crippen LogP contribution in [0.1, 0.15) is 5.56 Å². The quantitative estimate of drug-likeness (QED) is 0.355. The number of hydrogen-bond donors (Lipinski definition) is 0. The second kappa shape index (κ2) is 4.94. The first-order chi connectivity index (χ1) is 7.75. The highest BCUT2D eigenvalue weighted by Crippen LogP contribution is 2.16. The molecular weight excluding hydrogens is 266 g/mol. The molecule has 2 nitrogen and oxygen atoms in total. The Morgan fingerprint density at radius 1 is 0.938 bits per heavy atom. The third-order valence-electron chi connectivity index (χ3n) is 2.15. The number of rotatable bonds is 2. The summed E-state index contributed by atoms with van der Waals surface area (Å²) in [5, 5.41) is 11.8. The van der Waals surface area contributed by atoms with E-state index >= 15 is 0 Å². The topological polar surface area (TPSA) is 26.1 Å². The SMILES string of the molecule is [O-]/[N+](=C\c1ccccc1)c1ccc(Br)cc1. The molecular formula is C13H10BrNO. The van der Waals surface area contributed by atoms with Crippen LogP contribution < -0.4 is 0 Å². The summed E-state index contributed by atoms with van der Waals surface area (Å²) in [7, 11) is 0. The first-order valence-electron chi connectivity index (χ1n) is 4.87. The monoisotopic (exact) mass is 275 g/mol. The van der Waals surface area contributed by atoms with Gasteiger partial charge in [-0.15, -0.1) is 0 Å². The van der Waals surface area contributed by atoms with Gasteiger partial charge in [-0.05, 0) is 24.3 Å². The maximum Gasteiger partial charge on any atom is 0.216 e. The van der Waals surface area contributed by atoms with Gasteiger partial charge in [-0.25, -0.2) is 0 Å². The van der Waals surface area contributed by atoms with Gasteiger partial charge in [0, 0.05) is 22.2 Å². The Balaban J connectivity index is 2.28. The van der Waals surface area contributed by atoms with Crippen molar-refractivity contribution in [2.75, 3.05) is 0 Å². The molecule has 0 spiro atoms. The van der Waals surface area contributed by atoms with E-state index in [-0.39, 0.29) is 0 Å².